The van der Waals surface area contributed by atoms with Crippen LogP contribution in [0.3, 0.4) is 0 Å². The first kappa shape index (κ1) is 17.5. The van der Waals surface area contributed by atoms with E-state index in [4.69, 9.17) is 16.3 Å². The molecule has 1 N–H and O–H groups in total. The summed E-state index contributed by atoms with van der Waals surface area (Å²) >= 11 is 6.68. The molecular formula is C20H18ClFN4O2. The Balaban J connectivity index is 1.58. The van der Waals surface area contributed by atoms with Crippen LogP contribution in [0.1, 0.15) is 16.7 Å². The molecule has 3 aliphatic rings. The number of pyridine rings is 1. The number of benzene rings is 1. The Labute approximate surface area is 166 Å². The molecule has 4 heterocycles. The van der Waals surface area contributed by atoms with Crippen LogP contribution in [-0.4, -0.2) is 49.0 Å². The van der Waals surface area contributed by atoms with Crippen molar-refractivity contribution in [3.05, 3.63) is 51.9 Å². The van der Waals surface area contributed by atoms with Crippen molar-refractivity contribution in [2.24, 2.45) is 0 Å². The molecule has 6 nitrogen and oxygen atoms in total. The van der Waals surface area contributed by atoms with Crippen molar-refractivity contribution in [3.63, 3.8) is 0 Å². The van der Waals surface area contributed by atoms with Gasteiger partial charge in [0.05, 0.1) is 10.6 Å². The highest BCUT2D eigenvalue weighted by molar-refractivity contribution is 6.37. The minimum atomic E-state index is -0.409. The lowest BCUT2D eigenvalue weighted by molar-refractivity contribution is -0.110. The Morgan fingerprint density at radius 3 is 2.79 bits per heavy atom. The van der Waals surface area contributed by atoms with Crippen molar-refractivity contribution in [1.29, 1.82) is 0 Å². The van der Waals surface area contributed by atoms with Gasteiger partial charge in [0, 0.05) is 54.8 Å². The van der Waals surface area contributed by atoms with Crippen LogP contribution in [0.4, 0.5) is 15.9 Å². The number of piperazine rings is 1. The van der Waals surface area contributed by atoms with Crippen LogP contribution in [-0.2, 0) is 16.1 Å². The first-order chi connectivity index (χ1) is 13.5. The molecule has 0 spiro atoms. The summed E-state index contributed by atoms with van der Waals surface area (Å²) < 4.78 is 19.6. The second-order valence-corrected chi connectivity index (χ2v) is 7.59. The summed E-state index contributed by atoms with van der Waals surface area (Å²) in [7, 11) is 2.09. The smallest absolute Gasteiger partial charge is 0.260 e. The SMILES string of the molecule is CN1CCN(c2ncc3c(c2Cl)CO/C3=C2/C(=O)Nc3ccc(F)cc32)CC1. The van der Waals surface area contributed by atoms with Gasteiger partial charge in [-0.25, -0.2) is 9.37 Å². The molecule has 1 amide bonds. The molecule has 0 aliphatic carbocycles. The Bertz CT molecular complexity index is 1030. The van der Waals surface area contributed by atoms with E-state index in [1.54, 1.807) is 12.3 Å². The highest BCUT2D eigenvalue weighted by atomic mass is 35.5. The fourth-order valence-electron chi connectivity index (χ4n) is 3.88. The number of fused-ring (bicyclic) bond motifs is 2. The fraction of sp³-hybridized carbons (Fsp3) is 0.300. The molecule has 2 aromatic rings. The zero-order chi connectivity index (χ0) is 19.4. The molecule has 28 heavy (non-hydrogen) atoms. The number of ether oxygens (including phenoxy) is 1. The van der Waals surface area contributed by atoms with Crippen molar-refractivity contribution in [2.45, 2.75) is 6.61 Å². The third-order valence-electron chi connectivity index (χ3n) is 5.46. The number of hydrogen-bond donors (Lipinski definition) is 1. The molecule has 0 saturated carbocycles. The van der Waals surface area contributed by atoms with Gasteiger partial charge in [-0.05, 0) is 25.2 Å². The number of carbonyl (C=O) groups is 1. The third-order valence-corrected chi connectivity index (χ3v) is 5.86. The predicted octanol–water partition coefficient (Wildman–Crippen LogP) is 2.98. The highest BCUT2D eigenvalue weighted by Gasteiger charge is 2.35. The molecular weight excluding hydrogens is 383 g/mol. The molecule has 8 heteroatoms. The van der Waals surface area contributed by atoms with Crippen LogP contribution >= 0.6 is 11.6 Å². The molecule has 0 radical (unpaired) electrons. The first-order valence-corrected chi connectivity index (χ1v) is 9.50. The molecule has 0 atom stereocenters. The van der Waals surface area contributed by atoms with Gasteiger partial charge in [0.15, 0.2) is 0 Å². The maximum atomic E-state index is 13.8. The molecule has 0 unspecified atom stereocenters. The van der Waals surface area contributed by atoms with E-state index in [-0.39, 0.29) is 12.5 Å². The van der Waals surface area contributed by atoms with Crippen LogP contribution in [0.5, 0.6) is 0 Å². The van der Waals surface area contributed by atoms with Gasteiger partial charge in [-0.2, -0.15) is 0 Å². The molecule has 1 aromatic carbocycles. The predicted molar refractivity (Wildman–Crippen MR) is 106 cm³/mol. The topological polar surface area (TPSA) is 57.7 Å². The van der Waals surface area contributed by atoms with Gasteiger partial charge >= 0.3 is 0 Å². The monoisotopic (exact) mass is 400 g/mol. The van der Waals surface area contributed by atoms with E-state index in [0.717, 1.165) is 37.6 Å². The second kappa shape index (κ2) is 6.46. The number of likely N-dealkylation sites (N-methyl/N-ethyl adjacent to an activating group) is 1. The summed E-state index contributed by atoms with van der Waals surface area (Å²) in [5, 5.41) is 3.31. The Morgan fingerprint density at radius 1 is 1.21 bits per heavy atom. The zero-order valence-electron chi connectivity index (χ0n) is 15.3. The standard InChI is InChI=1S/C20H18ClFN4O2/c1-25-4-6-26(7-5-25)19-17(21)14-10-28-18(13(14)9-23-19)16-12-8-11(22)2-3-15(12)24-20(16)27/h2-3,8-9H,4-7,10H2,1H3,(H,24,27)/b18-16+. The number of nitrogens with one attached hydrogen (secondary N) is 1. The number of hydrogen-bond acceptors (Lipinski definition) is 5. The zero-order valence-corrected chi connectivity index (χ0v) is 16.0. The number of rotatable bonds is 1. The van der Waals surface area contributed by atoms with Crippen molar-refractivity contribution >= 4 is 40.3 Å². The van der Waals surface area contributed by atoms with E-state index in [0.29, 0.717) is 33.2 Å². The van der Waals surface area contributed by atoms with Gasteiger partial charge in [0.25, 0.3) is 5.91 Å². The van der Waals surface area contributed by atoms with Gasteiger partial charge in [-0.3, -0.25) is 4.79 Å². The quantitative estimate of drug-likeness (QED) is 0.746. The van der Waals surface area contributed by atoms with Gasteiger partial charge in [0.1, 0.15) is 24.0 Å². The van der Waals surface area contributed by atoms with Crippen molar-refractivity contribution in [2.75, 3.05) is 43.4 Å². The summed E-state index contributed by atoms with van der Waals surface area (Å²) in [4.78, 5) is 21.5. The maximum absolute atomic E-state index is 13.8. The summed E-state index contributed by atoms with van der Waals surface area (Å²) in [6, 6.07) is 4.20. The maximum Gasteiger partial charge on any atom is 0.260 e. The van der Waals surface area contributed by atoms with Crippen LogP contribution in [0.25, 0.3) is 11.3 Å². The number of nitrogens with zero attached hydrogens (tertiary/aromatic N) is 3. The van der Waals surface area contributed by atoms with Gasteiger partial charge in [0.2, 0.25) is 0 Å². The molecule has 1 saturated heterocycles. The van der Waals surface area contributed by atoms with Crippen LogP contribution < -0.4 is 10.2 Å². The van der Waals surface area contributed by atoms with Gasteiger partial charge in [-0.15, -0.1) is 0 Å². The van der Waals surface area contributed by atoms with Crippen LogP contribution in [0.2, 0.25) is 5.02 Å². The number of amides is 1. The van der Waals surface area contributed by atoms with Crippen molar-refractivity contribution in [3.8, 4) is 0 Å². The van der Waals surface area contributed by atoms with E-state index in [2.05, 4.69) is 27.1 Å². The third kappa shape index (κ3) is 2.65. The van der Waals surface area contributed by atoms with E-state index in [9.17, 15) is 9.18 Å². The van der Waals surface area contributed by atoms with Crippen molar-refractivity contribution in [1.82, 2.24) is 9.88 Å². The van der Waals surface area contributed by atoms with E-state index >= 15 is 0 Å². The van der Waals surface area contributed by atoms with Crippen LogP contribution in [0.15, 0.2) is 24.4 Å². The Hall–Kier alpha value is -2.64. The summed E-state index contributed by atoms with van der Waals surface area (Å²) in [5.74, 6) is 0.415. The molecule has 1 aromatic heterocycles. The molecule has 1 fully saturated rings. The van der Waals surface area contributed by atoms with Gasteiger partial charge < -0.3 is 19.9 Å². The van der Waals surface area contributed by atoms with Crippen LogP contribution in [0, 0.1) is 5.82 Å². The van der Waals surface area contributed by atoms with E-state index < -0.39 is 5.82 Å². The van der Waals surface area contributed by atoms with E-state index in [1.165, 1.54) is 12.1 Å². The average Bonchev–Trinajstić information content (AvgIpc) is 3.23. The van der Waals surface area contributed by atoms with E-state index in [1.807, 2.05) is 0 Å². The van der Waals surface area contributed by atoms with Crippen molar-refractivity contribution < 1.29 is 13.9 Å². The first-order valence-electron chi connectivity index (χ1n) is 9.12. The Morgan fingerprint density at radius 2 is 2.00 bits per heavy atom. The second-order valence-electron chi connectivity index (χ2n) is 7.22. The highest BCUT2D eigenvalue weighted by Crippen LogP contribution is 2.44. The lowest BCUT2D eigenvalue weighted by Crippen LogP contribution is -2.45. The number of anilines is 2. The lowest BCUT2D eigenvalue weighted by Gasteiger charge is -2.33. The largest absolute Gasteiger partial charge is 0.487 e. The number of halogens is 2. The minimum Gasteiger partial charge on any atom is -0.487 e. The summed E-state index contributed by atoms with van der Waals surface area (Å²) in [6.07, 6.45) is 1.70. The summed E-state index contributed by atoms with van der Waals surface area (Å²) in [6.45, 7) is 3.86. The Kier molecular flexibility index (Phi) is 4.03. The molecule has 144 valence electrons. The fourth-order valence-corrected chi connectivity index (χ4v) is 4.21. The number of carbonyl (C=O) groups excluding carboxylic acids is 1. The normalized spacial score (nSPS) is 21.4. The number of aromatic nitrogens is 1. The average molecular weight is 401 g/mol. The molecule has 3 aliphatic heterocycles. The minimum absolute atomic E-state index is 0.258. The van der Waals surface area contributed by atoms with Gasteiger partial charge in [-0.1, -0.05) is 11.6 Å². The summed E-state index contributed by atoms with van der Waals surface area (Å²) in [5.41, 5.74) is 2.88. The lowest BCUT2D eigenvalue weighted by atomic mass is 10.0. The molecule has 0 bridgehead atoms. The molecule has 5 rings (SSSR count).